The molecule has 64 heavy (non-hydrogen) atoms. The van der Waals surface area contributed by atoms with Gasteiger partial charge in [-0.05, 0) is 74.4 Å². The van der Waals surface area contributed by atoms with Gasteiger partial charge in [-0.25, -0.2) is 0 Å². The van der Waals surface area contributed by atoms with Crippen LogP contribution < -0.4 is 20.1 Å². The Hall–Kier alpha value is -4.42. The number of hydrogen-bond donors (Lipinski definition) is 5. The second kappa shape index (κ2) is 22.7. The lowest BCUT2D eigenvalue weighted by Crippen LogP contribution is -2.53. The Kier molecular flexibility index (Phi) is 17.9. The third kappa shape index (κ3) is 15.1. The maximum atomic E-state index is 14.5. The molecule has 17 nitrogen and oxygen atoms in total. The van der Waals surface area contributed by atoms with Crippen molar-refractivity contribution in [3.63, 3.8) is 0 Å². The van der Waals surface area contributed by atoms with Gasteiger partial charge in [0.15, 0.2) is 6.54 Å². The van der Waals surface area contributed by atoms with Crippen LogP contribution in [0.4, 0.5) is 5.69 Å². The first-order chi connectivity index (χ1) is 30.3. The number of benzene rings is 2. The molecule has 22 heteroatoms. The molecule has 1 aromatic heterocycles. The topological polar surface area (TPSA) is 255 Å². The van der Waals surface area contributed by atoms with Gasteiger partial charge in [0.05, 0.1) is 34.6 Å². The average molecular weight is 982 g/mol. The van der Waals surface area contributed by atoms with E-state index in [0.29, 0.717) is 40.4 Å². The first-order valence-corrected chi connectivity index (χ1v) is 27.1. The molecule has 1 aliphatic heterocycles. The van der Waals surface area contributed by atoms with Crippen molar-refractivity contribution in [3.05, 3.63) is 94.0 Å². The largest absolute Gasteiger partial charge is 0.466 e. The summed E-state index contributed by atoms with van der Waals surface area (Å²) in [5.74, 6) is -3.40. The van der Waals surface area contributed by atoms with Gasteiger partial charge in [-0.3, -0.25) is 28.0 Å². The maximum Gasteiger partial charge on any atom is 0.305 e. The predicted molar refractivity (Wildman–Crippen MR) is 246 cm³/mol. The van der Waals surface area contributed by atoms with Gasteiger partial charge in [0, 0.05) is 49.5 Å². The molecule has 5 rings (SSSR count). The van der Waals surface area contributed by atoms with Crippen LogP contribution in [0.25, 0.3) is 16.3 Å². The molecule has 0 bridgehead atoms. The number of unbranched alkanes of at least 4 members (excludes halogenated alkanes) is 2. The normalized spacial score (nSPS) is 18.1. The number of fused-ring (bicyclic) bond motifs is 2. The number of hydrogen-bond acceptors (Lipinski definition) is 13. The summed E-state index contributed by atoms with van der Waals surface area (Å²) in [6.45, 7) is 2.19. The van der Waals surface area contributed by atoms with Gasteiger partial charge in [0.1, 0.15) is 10.1 Å². The Bertz CT molecular complexity index is 2660. The quantitative estimate of drug-likeness (QED) is 0.0273. The summed E-state index contributed by atoms with van der Waals surface area (Å²) >= 11 is 2.86. The number of allylic oxidation sites excluding steroid dienone is 6. The number of carbonyl (C=O) groups excluding carboxylic acids is 3. The summed E-state index contributed by atoms with van der Waals surface area (Å²) in [6, 6.07) is 15.0. The van der Waals surface area contributed by atoms with Crippen molar-refractivity contribution in [1.82, 2.24) is 10.6 Å². The first kappa shape index (κ1) is 50.6. The van der Waals surface area contributed by atoms with Gasteiger partial charge in [-0.2, -0.15) is 29.8 Å². The fourth-order valence-corrected chi connectivity index (χ4v) is 10.9. The zero-order chi connectivity index (χ0) is 46.5. The van der Waals surface area contributed by atoms with Crippen molar-refractivity contribution in [1.29, 1.82) is 0 Å². The highest BCUT2D eigenvalue weighted by Gasteiger charge is 2.48. The summed E-state index contributed by atoms with van der Waals surface area (Å²) < 4.78 is 106. The molecule has 2 aromatic carbocycles. The second-order valence-electron chi connectivity index (χ2n) is 15.2. The number of amides is 2. The number of nitrogens with zero attached hydrogens (tertiary/aromatic N) is 2. The SMILES string of the molecule is CCOC(=O)CCCCCNC(=O)C1(C(=O)NCCS(=O)(=O)O)CC(/C=C/c2sc3ccccc3[n+]2CCCS(=O)(=O)O)=CC(=C/C=C2\Sc3ccccc3N2CCCS(=O)(=O)O)/C1. The minimum atomic E-state index is -4.47. The molecule has 0 fully saturated rings. The summed E-state index contributed by atoms with van der Waals surface area (Å²) in [5, 5.41) is 6.88. The van der Waals surface area contributed by atoms with Crippen LogP contribution in [0.3, 0.4) is 0 Å². The van der Waals surface area contributed by atoms with E-state index in [0.717, 1.165) is 20.8 Å². The number of anilines is 1. The molecule has 2 aliphatic rings. The number of carbonyl (C=O) groups is 3. The molecule has 1 aliphatic carbocycles. The Labute approximate surface area is 382 Å². The van der Waals surface area contributed by atoms with E-state index in [4.69, 9.17) is 4.74 Å². The Balaban J connectivity index is 1.54. The van der Waals surface area contributed by atoms with Crippen LogP contribution in [0.2, 0.25) is 0 Å². The number of aromatic nitrogens is 1. The number of nitrogens with one attached hydrogen (secondary N) is 2. The summed E-state index contributed by atoms with van der Waals surface area (Å²) in [4.78, 5) is 43.5. The Morgan fingerprint density at radius 3 is 2.19 bits per heavy atom. The van der Waals surface area contributed by atoms with Crippen molar-refractivity contribution in [3.8, 4) is 0 Å². The zero-order valence-corrected chi connectivity index (χ0v) is 39.3. The van der Waals surface area contributed by atoms with Crippen molar-refractivity contribution in [2.45, 2.75) is 69.7 Å². The molecule has 5 N–H and O–H groups in total. The zero-order valence-electron chi connectivity index (χ0n) is 35.2. The van der Waals surface area contributed by atoms with Gasteiger partial charge < -0.3 is 20.3 Å². The van der Waals surface area contributed by atoms with Crippen LogP contribution >= 0.6 is 23.1 Å². The highest BCUT2D eigenvalue weighted by Crippen LogP contribution is 2.46. The van der Waals surface area contributed by atoms with Crippen LogP contribution in [0.5, 0.6) is 0 Å². The first-order valence-electron chi connectivity index (χ1n) is 20.6. The van der Waals surface area contributed by atoms with E-state index in [1.165, 1.54) is 23.1 Å². The predicted octanol–water partition coefficient (Wildman–Crippen LogP) is 5.09. The number of esters is 1. The molecule has 0 saturated carbocycles. The smallest absolute Gasteiger partial charge is 0.305 e. The van der Waals surface area contributed by atoms with E-state index < -0.39 is 71.4 Å². The van der Waals surface area contributed by atoms with E-state index >= 15 is 0 Å². The molecule has 2 heterocycles. The third-order valence-corrected chi connectivity index (χ3v) is 14.9. The summed E-state index contributed by atoms with van der Waals surface area (Å²) in [6.07, 6.45) is 10.8. The summed E-state index contributed by atoms with van der Waals surface area (Å²) in [7, 11) is -12.9. The van der Waals surface area contributed by atoms with Gasteiger partial charge in [0.2, 0.25) is 17.3 Å². The number of thioether (sulfide) groups is 1. The third-order valence-electron chi connectivity index (χ3n) is 10.3. The van der Waals surface area contributed by atoms with E-state index in [-0.39, 0.29) is 64.3 Å². The average Bonchev–Trinajstić information content (AvgIpc) is 3.76. The van der Waals surface area contributed by atoms with E-state index in [1.807, 2.05) is 64.1 Å². The molecule has 2 amide bonds. The fraction of sp³-hybridized carbons (Fsp3) is 0.429. The van der Waals surface area contributed by atoms with E-state index in [1.54, 1.807) is 31.2 Å². The molecule has 1 atom stereocenters. The minimum Gasteiger partial charge on any atom is -0.466 e. The highest BCUT2D eigenvalue weighted by molar-refractivity contribution is 8.03. The fourth-order valence-electron chi connectivity index (χ4n) is 7.36. The van der Waals surface area contributed by atoms with Gasteiger partial charge in [-0.1, -0.05) is 72.0 Å². The Morgan fingerprint density at radius 1 is 0.797 bits per heavy atom. The number of ether oxygens (including phenoxy) is 1. The molecule has 0 spiro atoms. The lowest BCUT2D eigenvalue weighted by molar-refractivity contribution is -0.668. The minimum absolute atomic E-state index is 0.125. The van der Waals surface area contributed by atoms with Crippen LogP contribution in [0, 0.1) is 5.41 Å². The summed E-state index contributed by atoms with van der Waals surface area (Å²) in [5.41, 5.74) is 0.921. The van der Waals surface area contributed by atoms with Crippen LogP contribution in [0.15, 0.2) is 93.9 Å². The van der Waals surface area contributed by atoms with Crippen molar-refractivity contribution < 1.29 is 62.6 Å². The molecular formula is C42H53N4O13S5+. The number of rotatable bonds is 23. The highest BCUT2D eigenvalue weighted by atomic mass is 32.2. The van der Waals surface area contributed by atoms with Gasteiger partial charge in [0.25, 0.3) is 35.4 Å². The molecule has 3 aromatic rings. The molecular weight excluding hydrogens is 929 g/mol. The van der Waals surface area contributed by atoms with Crippen LogP contribution in [-0.2, 0) is 56.0 Å². The standard InChI is InChI=1S/C42H52N4O13S5/c1-2-59-39(47)16-4-3-9-21-43-40(48)42(41(49)44-22-27-64(56,57)58)29-31(17-19-37-45(23-10-25-62(50,51)52)33-12-5-7-14-35(33)60-37)28-32(30-42)18-20-38-46(24-11-26-63(53,54)55)34-13-6-8-15-36(34)61-38/h5-8,12-15,17-20,28H,2-4,9-11,16,21-27,29-30H2,1H3,(H4-,43,44,48,49,50,51,52,53,54,55,56,57,58)/p+1. The van der Waals surface area contributed by atoms with Crippen LogP contribution in [0.1, 0.15) is 63.3 Å². The van der Waals surface area contributed by atoms with Gasteiger partial charge >= 0.3 is 5.97 Å². The molecule has 1 unspecified atom stereocenters. The molecule has 0 saturated heterocycles. The Morgan fingerprint density at radius 2 is 1.47 bits per heavy atom. The van der Waals surface area contributed by atoms with Crippen molar-refractivity contribution in [2.75, 3.05) is 48.4 Å². The van der Waals surface area contributed by atoms with Crippen molar-refractivity contribution >= 4 is 93.2 Å². The van der Waals surface area contributed by atoms with E-state index in [2.05, 4.69) is 10.6 Å². The number of para-hydroxylation sites is 2. The van der Waals surface area contributed by atoms with Gasteiger partial charge in [-0.15, -0.1) is 0 Å². The lowest BCUT2D eigenvalue weighted by Gasteiger charge is -2.35. The monoisotopic (exact) mass is 981 g/mol. The second-order valence-corrected chi connectivity index (χ2v) is 22.0. The lowest BCUT2D eigenvalue weighted by atomic mass is 9.70. The molecule has 348 valence electrons. The number of aryl methyl sites for hydroxylation is 1. The van der Waals surface area contributed by atoms with Crippen molar-refractivity contribution in [2.24, 2.45) is 5.41 Å². The number of thiazole rings is 1. The maximum absolute atomic E-state index is 14.5. The molecule has 0 radical (unpaired) electrons. The van der Waals surface area contributed by atoms with E-state index in [9.17, 15) is 53.3 Å². The van der Waals surface area contributed by atoms with Crippen LogP contribution in [-0.4, -0.2) is 100 Å².